The van der Waals surface area contributed by atoms with E-state index in [1.54, 1.807) is 23.5 Å². The highest BCUT2D eigenvalue weighted by Gasteiger charge is 2.13. The van der Waals surface area contributed by atoms with Crippen LogP contribution in [0.15, 0.2) is 46.6 Å². The molecule has 1 aromatic carbocycles. The number of nitrogens with one attached hydrogen (secondary N) is 2. The second-order valence-corrected chi connectivity index (χ2v) is 5.20. The first-order chi connectivity index (χ1) is 9.24. The number of hydrogen-bond donors (Lipinski definition) is 3. The van der Waals surface area contributed by atoms with Crippen LogP contribution in [0.4, 0.5) is 0 Å². The zero-order chi connectivity index (χ0) is 13.2. The number of rotatable bonds is 3. The van der Waals surface area contributed by atoms with Crippen LogP contribution in [0, 0.1) is 0 Å². The fraction of sp³-hybridized carbons (Fsp3) is 0.0714. The first-order valence-electron chi connectivity index (χ1n) is 5.85. The highest BCUT2D eigenvalue weighted by atomic mass is 32.1. The monoisotopic (exact) mass is 272 g/mol. The molecule has 0 aliphatic rings. The Morgan fingerprint density at radius 1 is 1.11 bits per heavy atom. The van der Waals surface area contributed by atoms with E-state index >= 15 is 0 Å². The maximum atomic E-state index is 11.9. The lowest BCUT2D eigenvalue weighted by molar-refractivity contribution is 0.475. The topological polar surface area (TPSA) is 68.9 Å². The Labute approximate surface area is 113 Å². The number of aromatic hydroxyl groups is 1. The fourth-order valence-corrected chi connectivity index (χ4v) is 2.75. The number of thiophene rings is 1. The number of benzene rings is 1. The SMILES string of the molecule is O=c1[nH][nH]c(-c2cccs2)c1Cc1ccc(O)cc1. The molecule has 0 saturated heterocycles. The molecular weight excluding hydrogens is 260 g/mol. The fourth-order valence-electron chi connectivity index (χ4n) is 2.00. The van der Waals surface area contributed by atoms with Gasteiger partial charge in [-0.05, 0) is 29.1 Å². The third-order valence-electron chi connectivity index (χ3n) is 2.96. The first-order valence-corrected chi connectivity index (χ1v) is 6.73. The van der Waals surface area contributed by atoms with Crippen molar-refractivity contribution in [3.8, 4) is 16.3 Å². The molecule has 0 aliphatic heterocycles. The number of phenols is 1. The van der Waals surface area contributed by atoms with Crippen molar-refractivity contribution in [2.45, 2.75) is 6.42 Å². The minimum atomic E-state index is -0.100. The molecule has 0 bridgehead atoms. The molecule has 3 aromatic rings. The van der Waals surface area contributed by atoms with Crippen LogP contribution in [0.3, 0.4) is 0 Å². The largest absolute Gasteiger partial charge is 0.508 e. The van der Waals surface area contributed by atoms with E-state index in [0.717, 1.165) is 16.1 Å². The van der Waals surface area contributed by atoms with Gasteiger partial charge in [0.25, 0.3) is 5.56 Å². The lowest BCUT2D eigenvalue weighted by Crippen LogP contribution is -2.06. The van der Waals surface area contributed by atoms with Crippen molar-refractivity contribution in [3.63, 3.8) is 0 Å². The summed E-state index contributed by atoms with van der Waals surface area (Å²) in [5, 5.41) is 16.8. The molecule has 0 radical (unpaired) electrons. The molecular formula is C14H12N2O2S. The van der Waals surface area contributed by atoms with Crippen LogP contribution in [0.2, 0.25) is 0 Å². The Hall–Kier alpha value is -2.27. The third kappa shape index (κ3) is 2.32. The highest BCUT2D eigenvalue weighted by molar-refractivity contribution is 7.13. The molecule has 2 heterocycles. The molecule has 4 nitrogen and oxygen atoms in total. The summed E-state index contributed by atoms with van der Waals surface area (Å²) in [6.07, 6.45) is 0.534. The maximum absolute atomic E-state index is 11.9. The van der Waals surface area contributed by atoms with Crippen molar-refractivity contribution in [3.05, 3.63) is 63.3 Å². The predicted octanol–water partition coefficient (Wildman–Crippen LogP) is 2.73. The molecule has 0 amide bonds. The van der Waals surface area contributed by atoms with Crippen LogP contribution in [-0.2, 0) is 6.42 Å². The number of hydrogen-bond acceptors (Lipinski definition) is 3. The normalized spacial score (nSPS) is 10.7. The Bertz CT molecular complexity index is 724. The summed E-state index contributed by atoms with van der Waals surface area (Å²) < 4.78 is 0. The van der Waals surface area contributed by atoms with Gasteiger partial charge in [0.05, 0.1) is 10.6 Å². The van der Waals surface area contributed by atoms with Crippen molar-refractivity contribution in [2.75, 3.05) is 0 Å². The van der Waals surface area contributed by atoms with Crippen molar-refractivity contribution < 1.29 is 5.11 Å². The molecule has 0 atom stereocenters. The van der Waals surface area contributed by atoms with Gasteiger partial charge in [-0.25, -0.2) is 0 Å². The Balaban J connectivity index is 1.99. The van der Waals surface area contributed by atoms with E-state index in [2.05, 4.69) is 10.2 Å². The van der Waals surface area contributed by atoms with Crippen molar-refractivity contribution >= 4 is 11.3 Å². The number of aromatic amines is 2. The van der Waals surface area contributed by atoms with E-state index < -0.39 is 0 Å². The van der Waals surface area contributed by atoms with Gasteiger partial charge >= 0.3 is 0 Å². The van der Waals surface area contributed by atoms with Gasteiger partial charge in [-0.3, -0.25) is 15.0 Å². The lowest BCUT2D eigenvalue weighted by atomic mass is 10.0. The molecule has 0 aliphatic carbocycles. The Morgan fingerprint density at radius 2 is 1.89 bits per heavy atom. The van der Waals surface area contributed by atoms with Gasteiger partial charge in [0.15, 0.2) is 0 Å². The summed E-state index contributed by atoms with van der Waals surface area (Å²) in [5.74, 6) is 0.227. The van der Waals surface area contributed by atoms with Crippen LogP contribution in [0.5, 0.6) is 5.75 Å². The Kier molecular flexibility index (Phi) is 2.97. The maximum Gasteiger partial charge on any atom is 0.268 e. The van der Waals surface area contributed by atoms with Crippen LogP contribution in [0.25, 0.3) is 10.6 Å². The standard InChI is InChI=1S/C14H12N2O2S/c17-10-5-3-9(4-6-10)8-11-13(15-16-14(11)18)12-2-1-7-19-12/h1-7,17H,8H2,(H2,15,16,18). The minimum absolute atomic E-state index is 0.100. The van der Waals surface area contributed by atoms with Gasteiger partial charge in [-0.1, -0.05) is 18.2 Å². The number of phenolic OH excluding ortho intramolecular Hbond substituents is 1. The van der Waals surface area contributed by atoms with E-state index in [-0.39, 0.29) is 11.3 Å². The molecule has 0 fully saturated rings. The zero-order valence-corrected chi connectivity index (χ0v) is 10.8. The summed E-state index contributed by atoms with van der Waals surface area (Å²) in [6.45, 7) is 0. The smallest absolute Gasteiger partial charge is 0.268 e. The molecule has 0 saturated carbocycles. The molecule has 5 heteroatoms. The predicted molar refractivity (Wildman–Crippen MR) is 75.6 cm³/mol. The number of H-pyrrole nitrogens is 2. The van der Waals surface area contributed by atoms with Gasteiger partial charge in [-0.15, -0.1) is 11.3 Å². The minimum Gasteiger partial charge on any atom is -0.508 e. The molecule has 2 aromatic heterocycles. The quantitative estimate of drug-likeness (QED) is 0.686. The lowest BCUT2D eigenvalue weighted by Gasteiger charge is -2.01. The van der Waals surface area contributed by atoms with Crippen LogP contribution in [-0.4, -0.2) is 15.3 Å². The van der Waals surface area contributed by atoms with Gasteiger partial charge in [-0.2, -0.15) is 0 Å². The summed E-state index contributed by atoms with van der Waals surface area (Å²) in [4.78, 5) is 12.9. The summed E-state index contributed by atoms with van der Waals surface area (Å²) in [7, 11) is 0. The molecule has 96 valence electrons. The van der Waals surface area contributed by atoms with E-state index in [4.69, 9.17) is 0 Å². The van der Waals surface area contributed by atoms with Crippen LogP contribution >= 0.6 is 11.3 Å². The van der Waals surface area contributed by atoms with Crippen molar-refractivity contribution in [1.29, 1.82) is 0 Å². The van der Waals surface area contributed by atoms with E-state index in [9.17, 15) is 9.90 Å². The summed E-state index contributed by atoms with van der Waals surface area (Å²) in [6, 6.07) is 10.8. The molecule has 19 heavy (non-hydrogen) atoms. The van der Waals surface area contributed by atoms with Gasteiger partial charge in [0, 0.05) is 12.0 Å². The first kappa shape index (κ1) is 11.8. The second kappa shape index (κ2) is 4.78. The van der Waals surface area contributed by atoms with Crippen molar-refractivity contribution in [2.24, 2.45) is 0 Å². The molecule has 0 spiro atoms. The van der Waals surface area contributed by atoms with Gasteiger partial charge in [0.2, 0.25) is 0 Å². The van der Waals surface area contributed by atoms with Crippen molar-refractivity contribution in [1.82, 2.24) is 10.2 Å². The van der Waals surface area contributed by atoms with E-state index in [1.807, 2.05) is 29.6 Å². The van der Waals surface area contributed by atoms with E-state index in [0.29, 0.717) is 12.0 Å². The van der Waals surface area contributed by atoms with Gasteiger partial charge in [0.1, 0.15) is 5.75 Å². The average Bonchev–Trinajstić information content (AvgIpc) is 3.03. The third-order valence-corrected chi connectivity index (χ3v) is 3.85. The second-order valence-electron chi connectivity index (χ2n) is 4.25. The molecule has 3 N–H and O–H groups in total. The van der Waals surface area contributed by atoms with Crippen LogP contribution in [0.1, 0.15) is 11.1 Å². The van der Waals surface area contributed by atoms with Crippen LogP contribution < -0.4 is 5.56 Å². The van der Waals surface area contributed by atoms with E-state index in [1.165, 1.54) is 0 Å². The molecule has 3 rings (SSSR count). The number of aromatic nitrogens is 2. The summed E-state index contributed by atoms with van der Waals surface area (Å²) in [5.41, 5.74) is 2.44. The highest BCUT2D eigenvalue weighted by Crippen LogP contribution is 2.25. The van der Waals surface area contributed by atoms with Gasteiger partial charge < -0.3 is 5.11 Å². The average molecular weight is 272 g/mol. The zero-order valence-electron chi connectivity index (χ0n) is 10.0. The summed E-state index contributed by atoms with van der Waals surface area (Å²) >= 11 is 1.59. The molecule has 0 unspecified atom stereocenters. The Morgan fingerprint density at radius 3 is 2.58 bits per heavy atom.